The first-order chi connectivity index (χ1) is 9.65. The minimum atomic E-state index is 0.162. The summed E-state index contributed by atoms with van der Waals surface area (Å²) in [5.41, 5.74) is 1.86. The third kappa shape index (κ3) is 2.75. The second-order valence-electron chi connectivity index (χ2n) is 5.61. The van der Waals surface area contributed by atoms with Crippen LogP contribution in [-0.4, -0.2) is 61.0 Å². The molecule has 1 amide bonds. The number of likely N-dealkylation sites (tertiary alicyclic amines) is 1. The Morgan fingerprint density at radius 1 is 1.30 bits per heavy atom. The van der Waals surface area contributed by atoms with Crippen molar-refractivity contribution >= 4 is 21.8 Å². The Morgan fingerprint density at radius 3 is 2.70 bits per heavy atom. The van der Waals surface area contributed by atoms with Gasteiger partial charge in [-0.3, -0.25) is 9.69 Å². The van der Waals surface area contributed by atoms with Crippen LogP contribution in [0.3, 0.4) is 0 Å². The van der Waals surface area contributed by atoms with Crippen molar-refractivity contribution in [1.82, 2.24) is 15.1 Å². The van der Waals surface area contributed by atoms with E-state index >= 15 is 0 Å². The molecule has 2 heterocycles. The van der Waals surface area contributed by atoms with Gasteiger partial charge in [-0.2, -0.15) is 0 Å². The Labute approximate surface area is 128 Å². The van der Waals surface area contributed by atoms with Crippen LogP contribution in [0.1, 0.15) is 15.9 Å². The average Bonchev–Trinajstić information content (AvgIpc) is 2.41. The number of hydrogen-bond acceptors (Lipinski definition) is 3. The molecule has 1 aromatic rings. The molecule has 2 fully saturated rings. The summed E-state index contributed by atoms with van der Waals surface area (Å²) >= 11 is 3.44. The van der Waals surface area contributed by atoms with Gasteiger partial charge in [0.15, 0.2) is 0 Å². The normalized spacial score (nSPS) is 20.8. The summed E-state index contributed by atoms with van der Waals surface area (Å²) in [4.78, 5) is 17.0. The summed E-state index contributed by atoms with van der Waals surface area (Å²) in [6.07, 6.45) is 0. The zero-order valence-electron chi connectivity index (χ0n) is 11.7. The van der Waals surface area contributed by atoms with Gasteiger partial charge in [0.1, 0.15) is 0 Å². The Bertz CT molecular complexity index is 508. The van der Waals surface area contributed by atoms with Gasteiger partial charge in [0.25, 0.3) is 5.91 Å². The molecule has 2 aliphatic rings. The molecule has 2 saturated heterocycles. The highest BCUT2D eigenvalue weighted by Crippen LogP contribution is 2.22. The fraction of sp³-hybridized carbons (Fsp3) is 0.533. The SMILES string of the molecule is Cc1ccc(Br)cc1C(=O)N1CC(N2CCNCC2)C1. The molecule has 1 aromatic carbocycles. The number of benzene rings is 1. The Hall–Kier alpha value is -0.910. The lowest BCUT2D eigenvalue weighted by Gasteiger charge is -2.46. The highest BCUT2D eigenvalue weighted by atomic mass is 79.9. The summed E-state index contributed by atoms with van der Waals surface area (Å²) < 4.78 is 0.964. The van der Waals surface area contributed by atoms with E-state index in [4.69, 9.17) is 0 Å². The first kappa shape index (κ1) is 14.0. The smallest absolute Gasteiger partial charge is 0.254 e. The molecule has 0 bridgehead atoms. The van der Waals surface area contributed by atoms with Crippen LogP contribution in [0, 0.1) is 6.92 Å². The number of hydrogen-bond donors (Lipinski definition) is 1. The number of carbonyl (C=O) groups excluding carboxylic acids is 1. The lowest BCUT2D eigenvalue weighted by atomic mass is 10.0. The fourth-order valence-electron chi connectivity index (χ4n) is 2.89. The topological polar surface area (TPSA) is 35.6 Å². The number of carbonyl (C=O) groups is 1. The maximum absolute atomic E-state index is 12.5. The van der Waals surface area contributed by atoms with Gasteiger partial charge in [-0.05, 0) is 24.6 Å². The Morgan fingerprint density at radius 2 is 2.00 bits per heavy atom. The minimum absolute atomic E-state index is 0.162. The molecule has 2 aliphatic heterocycles. The van der Waals surface area contributed by atoms with Gasteiger partial charge in [-0.1, -0.05) is 22.0 Å². The molecular formula is C15H20BrN3O. The van der Waals surface area contributed by atoms with E-state index in [-0.39, 0.29) is 5.91 Å². The maximum Gasteiger partial charge on any atom is 0.254 e. The van der Waals surface area contributed by atoms with E-state index in [9.17, 15) is 4.79 Å². The molecule has 0 spiro atoms. The molecule has 0 saturated carbocycles. The lowest BCUT2D eigenvalue weighted by molar-refractivity contribution is 0.0226. The molecule has 108 valence electrons. The molecule has 5 heteroatoms. The molecule has 0 atom stereocenters. The van der Waals surface area contributed by atoms with E-state index in [0.29, 0.717) is 6.04 Å². The lowest BCUT2D eigenvalue weighted by Crippen LogP contribution is -2.63. The van der Waals surface area contributed by atoms with Gasteiger partial charge >= 0.3 is 0 Å². The number of halogens is 1. The largest absolute Gasteiger partial charge is 0.335 e. The molecule has 0 unspecified atom stereocenters. The van der Waals surface area contributed by atoms with Crippen LogP contribution < -0.4 is 5.32 Å². The van der Waals surface area contributed by atoms with E-state index in [1.807, 2.05) is 30.0 Å². The predicted molar refractivity (Wildman–Crippen MR) is 83.0 cm³/mol. The van der Waals surface area contributed by atoms with Crippen LogP contribution >= 0.6 is 15.9 Å². The van der Waals surface area contributed by atoms with Crippen molar-refractivity contribution in [2.24, 2.45) is 0 Å². The molecule has 1 N–H and O–H groups in total. The summed E-state index contributed by atoms with van der Waals surface area (Å²) in [6.45, 7) is 8.05. The van der Waals surface area contributed by atoms with Gasteiger partial charge < -0.3 is 10.2 Å². The van der Waals surface area contributed by atoms with E-state index in [1.165, 1.54) is 0 Å². The monoisotopic (exact) mass is 337 g/mol. The number of nitrogens with zero attached hydrogens (tertiary/aromatic N) is 2. The van der Waals surface area contributed by atoms with Crippen molar-refractivity contribution in [3.8, 4) is 0 Å². The molecule has 0 aromatic heterocycles. The van der Waals surface area contributed by atoms with Gasteiger partial charge in [0.05, 0.1) is 0 Å². The van der Waals surface area contributed by atoms with Crippen LogP contribution in [0.25, 0.3) is 0 Å². The van der Waals surface area contributed by atoms with Crippen molar-refractivity contribution in [3.05, 3.63) is 33.8 Å². The number of aryl methyl sites for hydroxylation is 1. The molecule has 20 heavy (non-hydrogen) atoms. The first-order valence-electron chi connectivity index (χ1n) is 7.15. The van der Waals surface area contributed by atoms with Crippen LogP contribution in [0.2, 0.25) is 0 Å². The van der Waals surface area contributed by atoms with E-state index < -0.39 is 0 Å². The number of piperazine rings is 1. The van der Waals surface area contributed by atoms with Crippen molar-refractivity contribution in [1.29, 1.82) is 0 Å². The van der Waals surface area contributed by atoms with Crippen molar-refractivity contribution < 1.29 is 4.79 Å². The molecular weight excluding hydrogens is 318 g/mol. The predicted octanol–water partition coefficient (Wildman–Crippen LogP) is 1.49. The van der Waals surface area contributed by atoms with Gasteiger partial charge in [-0.15, -0.1) is 0 Å². The van der Waals surface area contributed by atoms with Crippen LogP contribution in [0.5, 0.6) is 0 Å². The summed E-state index contributed by atoms with van der Waals surface area (Å²) in [5.74, 6) is 0.162. The summed E-state index contributed by atoms with van der Waals surface area (Å²) in [5, 5.41) is 3.36. The van der Waals surface area contributed by atoms with Gasteiger partial charge in [0.2, 0.25) is 0 Å². The van der Waals surface area contributed by atoms with E-state index in [1.54, 1.807) is 0 Å². The number of rotatable bonds is 2. The minimum Gasteiger partial charge on any atom is -0.335 e. The standard InChI is InChI=1S/C15H20BrN3O/c1-11-2-3-12(16)8-14(11)15(20)19-9-13(10-19)18-6-4-17-5-7-18/h2-3,8,13,17H,4-7,9-10H2,1H3. The van der Waals surface area contributed by atoms with Crippen LogP contribution in [-0.2, 0) is 0 Å². The first-order valence-corrected chi connectivity index (χ1v) is 7.94. The molecule has 4 nitrogen and oxygen atoms in total. The van der Waals surface area contributed by atoms with Crippen LogP contribution in [0.4, 0.5) is 0 Å². The van der Waals surface area contributed by atoms with Crippen molar-refractivity contribution in [2.75, 3.05) is 39.3 Å². The highest BCUT2D eigenvalue weighted by molar-refractivity contribution is 9.10. The molecule has 3 rings (SSSR count). The quantitative estimate of drug-likeness (QED) is 0.888. The number of amides is 1. The van der Waals surface area contributed by atoms with Crippen molar-refractivity contribution in [2.45, 2.75) is 13.0 Å². The third-order valence-electron chi connectivity index (χ3n) is 4.25. The van der Waals surface area contributed by atoms with E-state index in [2.05, 4.69) is 26.1 Å². The second kappa shape index (κ2) is 5.84. The Kier molecular flexibility index (Phi) is 4.10. The molecule has 0 radical (unpaired) electrons. The highest BCUT2D eigenvalue weighted by Gasteiger charge is 2.35. The van der Waals surface area contributed by atoms with E-state index in [0.717, 1.165) is 54.9 Å². The summed E-state index contributed by atoms with van der Waals surface area (Å²) in [6, 6.07) is 6.44. The van der Waals surface area contributed by atoms with Gasteiger partial charge in [0, 0.05) is 55.3 Å². The van der Waals surface area contributed by atoms with Crippen molar-refractivity contribution in [3.63, 3.8) is 0 Å². The molecule has 0 aliphatic carbocycles. The summed E-state index contributed by atoms with van der Waals surface area (Å²) in [7, 11) is 0. The number of nitrogens with one attached hydrogen (secondary N) is 1. The maximum atomic E-state index is 12.5. The Balaban J connectivity index is 1.61. The fourth-order valence-corrected chi connectivity index (χ4v) is 3.26. The third-order valence-corrected chi connectivity index (χ3v) is 4.74. The zero-order valence-corrected chi connectivity index (χ0v) is 13.3. The second-order valence-corrected chi connectivity index (χ2v) is 6.52. The van der Waals surface area contributed by atoms with Crippen LogP contribution in [0.15, 0.2) is 22.7 Å². The zero-order chi connectivity index (χ0) is 14.1. The van der Waals surface area contributed by atoms with Gasteiger partial charge in [-0.25, -0.2) is 0 Å². The average molecular weight is 338 g/mol.